The second-order valence-corrected chi connectivity index (χ2v) is 4.40. The molecule has 0 saturated heterocycles. The molecule has 0 aromatic heterocycles. The predicted molar refractivity (Wildman–Crippen MR) is 68.4 cm³/mol. The molecule has 6 nitrogen and oxygen atoms in total. The minimum absolute atomic E-state index is 0.0931. The van der Waals surface area contributed by atoms with Crippen molar-refractivity contribution in [2.45, 2.75) is 39.2 Å². The van der Waals surface area contributed by atoms with Crippen molar-refractivity contribution in [2.75, 3.05) is 20.8 Å². The number of nitrogens with one attached hydrogen (secondary N) is 2. The van der Waals surface area contributed by atoms with Crippen LogP contribution in [0.25, 0.3) is 0 Å². The summed E-state index contributed by atoms with van der Waals surface area (Å²) in [6, 6.07) is 0.0931. The van der Waals surface area contributed by atoms with Gasteiger partial charge in [-0.15, -0.1) is 0 Å². The van der Waals surface area contributed by atoms with Crippen molar-refractivity contribution < 1.29 is 19.1 Å². The minimum atomic E-state index is -0.414. The highest BCUT2D eigenvalue weighted by atomic mass is 16.5. The highest BCUT2D eigenvalue weighted by molar-refractivity contribution is 5.67. The molecule has 0 aromatic rings. The van der Waals surface area contributed by atoms with Gasteiger partial charge >= 0.3 is 12.2 Å². The minimum Gasteiger partial charge on any atom is -0.453 e. The van der Waals surface area contributed by atoms with Crippen LogP contribution in [0.4, 0.5) is 9.59 Å². The van der Waals surface area contributed by atoms with E-state index in [-0.39, 0.29) is 6.04 Å². The Kier molecular flexibility index (Phi) is 8.78. The van der Waals surface area contributed by atoms with Crippen molar-refractivity contribution in [1.29, 1.82) is 0 Å². The van der Waals surface area contributed by atoms with Crippen LogP contribution in [0, 0.1) is 5.92 Å². The van der Waals surface area contributed by atoms with Crippen molar-refractivity contribution in [1.82, 2.24) is 10.6 Å². The van der Waals surface area contributed by atoms with E-state index in [1.165, 1.54) is 14.2 Å². The maximum atomic E-state index is 11.1. The van der Waals surface area contributed by atoms with Gasteiger partial charge in [0.2, 0.25) is 0 Å². The van der Waals surface area contributed by atoms with Gasteiger partial charge in [-0.3, -0.25) is 0 Å². The number of amides is 2. The van der Waals surface area contributed by atoms with Crippen LogP contribution in [0.15, 0.2) is 0 Å². The first-order chi connectivity index (χ1) is 8.51. The largest absolute Gasteiger partial charge is 0.453 e. The number of carbonyl (C=O) groups is 2. The molecule has 0 heterocycles. The second kappa shape index (κ2) is 9.56. The van der Waals surface area contributed by atoms with Gasteiger partial charge in [0.1, 0.15) is 0 Å². The van der Waals surface area contributed by atoms with E-state index in [9.17, 15) is 9.59 Å². The third-order valence-corrected chi connectivity index (χ3v) is 2.69. The number of rotatable bonds is 7. The number of alkyl carbamates (subject to hydrolysis) is 2. The first-order valence-corrected chi connectivity index (χ1v) is 6.17. The average Bonchev–Trinajstić information content (AvgIpc) is 2.35. The average molecular weight is 260 g/mol. The van der Waals surface area contributed by atoms with E-state index in [1.807, 2.05) is 13.8 Å². The van der Waals surface area contributed by atoms with Crippen LogP contribution in [-0.2, 0) is 9.47 Å². The molecule has 0 spiro atoms. The number of hydrogen-bond donors (Lipinski definition) is 2. The lowest BCUT2D eigenvalue weighted by Gasteiger charge is -2.21. The molecule has 0 saturated carbocycles. The number of hydrogen-bond acceptors (Lipinski definition) is 4. The Morgan fingerprint density at radius 2 is 1.67 bits per heavy atom. The van der Waals surface area contributed by atoms with Gasteiger partial charge in [-0.2, -0.15) is 0 Å². The van der Waals surface area contributed by atoms with Crippen molar-refractivity contribution in [3.8, 4) is 0 Å². The quantitative estimate of drug-likeness (QED) is 0.685. The van der Waals surface area contributed by atoms with E-state index in [0.29, 0.717) is 12.5 Å². The molecule has 0 fully saturated rings. The molecular formula is C12H24N2O4. The molecule has 18 heavy (non-hydrogen) atoms. The van der Waals surface area contributed by atoms with Crippen LogP contribution in [0.2, 0.25) is 0 Å². The Morgan fingerprint density at radius 1 is 1.06 bits per heavy atom. The number of methoxy groups -OCH3 is 2. The van der Waals surface area contributed by atoms with Gasteiger partial charge in [-0.25, -0.2) is 9.59 Å². The molecule has 2 amide bonds. The molecule has 0 aliphatic carbocycles. The molecule has 0 radical (unpaired) electrons. The Hall–Kier alpha value is -1.46. The molecule has 0 bridgehead atoms. The zero-order valence-corrected chi connectivity index (χ0v) is 11.6. The van der Waals surface area contributed by atoms with Crippen molar-refractivity contribution >= 4 is 12.2 Å². The van der Waals surface area contributed by atoms with Crippen LogP contribution in [0.5, 0.6) is 0 Å². The SMILES string of the molecule is COC(=O)NCCCCC(NC(=O)OC)C(C)C. The second-order valence-electron chi connectivity index (χ2n) is 4.40. The molecule has 2 N–H and O–H groups in total. The lowest BCUT2D eigenvalue weighted by atomic mass is 9.98. The maximum Gasteiger partial charge on any atom is 0.407 e. The molecule has 0 aromatic carbocycles. The van der Waals surface area contributed by atoms with E-state index in [1.54, 1.807) is 0 Å². The fourth-order valence-electron chi connectivity index (χ4n) is 1.53. The Morgan fingerprint density at radius 3 is 2.17 bits per heavy atom. The summed E-state index contributed by atoms with van der Waals surface area (Å²) in [6.45, 7) is 4.68. The van der Waals surface area contributed by atoms with E-state index in [2.05, 4.69) is 20.1 Å². The maximum absolute atomic E-state index is 11.1. The first kappa shape index (κ1) is 16.5. The molecule has 0 aliphatic rings. The Bertz CT molecular complexity index is 256. The molecule has 0 aliphatic heterocycles. The molecule has 6 heteroatoms. The van der Waals surface area contributed by atoms with Gasteiger partial charge in [0.25, 0.3) is 0 Å². The third kappa shape index (κ3) is 7.76. The molecular weight excluding hydrogens is 236 g/mol. The van der Waals surface area contributed by atoms with Crippen LogP contribution in [0.1, 0.15) is 33.1 Å². The van der Waals surface area contributed by atoms with E-state index in [4.69, 9.17) is 0 Å². The highest BCUT2D eigenvalue weighted by Gasteiger charge is 2.15. The third-order valence-electron chi connectivity index (χ3n) is 2.69. The summed E-state index contributed by atoms with van der Waals surface area (Å²) in [4.78, 5) is 21.9. The number of ether oxygens (including phenoxy) is 2. The van der Waals surface area contributed by atoms with Crippen LogP contribution in [0.3, 0.4) is 0 Å². The fourth-order valence-corrected chi connectivity index (χ4v) is 1.53. The van der Waals surface area contributed by atoms with Gasteiger partial charge in [0.15, 0.2) is 0 Å². The van der Waals surface area contributed by atoms with Gasteiger partial charge in [-0.05, 0) is 25.2 Å². The number of carbonyl (C=O) groups excluding carboxylic acids is 2. The molecule has 0 rings (SSSR count). The first-order valence-electron chi connectivity index (χ1n) is 6.17. The molecule has 1 unspecified atom stereocenters. The zero-order chi connectivity index (χ0) is 14.0. The standard InChI is InChI=1S/C12H24N2O4/c1-9(2)10(14-12(16)18-4)7-5-6-8-13-11(15)17-3/h9-10H,5-8H2,1-4H3,(H,13,15)(H,14,16). The normalized spacial score (nSPS) is 11.8. The predicted octanol–water partition coefficient (Wildman–Crippen LogP) is 1.89. The van der Waals surface area contributed by atoms with Crippen LogP contribution >= 0.6 is 0 Å². The van der Waals surface area contributed by atoms with E-state index >= 15 is 0 Å². The summed E-state index contributed by atoms with van der Waals surface area (Å²) in [7, 11) is 2.69. The zero-order valence-electron chi connectivity index (χ0n) is 11.6. The van der Waals surface area contributed by atoms with Crippen molar-refractivity contribution in [2.24, 2.45) is 5.92 Å². The summed E-state index contributed by atoms with van der Waals surface area (Å²) >= 11 is 0. The lowest BCUT2D eigenvalue weighted by molar-refractivity contribution is 0.161. The monoisotopic (exact) mass is 260 g/mol. The summed E-state index contributed by atoms with van der Waals surface area (Å²) in [5, 5.41) is 5.42. The summed E-state index contributed by atoms with van der Waals surface area (Å²) < 4.78 is 9.04. The number of unbranched alkanes of at least 4 members (excludes halogenated alkanes) is 1. The van der Waals surface area contributed by atoms with Gasteiger partial charge < -0.3 is 20.1 Å². The van der Waals surface area contributed by atoms with Crippen molar-refractivity contribution in [3.05, 3.63) is 0 Å². The summed E-state index contributed by atoms with van der Waals surface area (Å²) in [6.07, 6.45) is 1.80. The fraction of sp³-hybridized carbons (Fsp3) is 0.833. The molecule has 1 atom stereocenters. The van der Waals surface area contributed by atoms with Gasteiger partial charge in [0.05, 0.1) is 14.2 Å². The topological polar surface area (TPSA) is 76.7 Å². The summed E-state index contributed by atoms with van der Waals surface area (Å²) in [5.74, 6) is 0.345. The lowest BCUT2D eigenvalue weighted by Crippen LogP contribution is -2.38. The van der Waals surface area contributed by atoms with Crippen molar-refractivity contribution in [3.63, 3.8) is 0 Å². The molecule has 106 valence electrons. The van der Waals surface area contributed by atoms with E-state index in [0.717, 1.165) is 19.3 Å². The van der Waals surface area contributed by atoms with Crippen LogP contribution in [-0.4, -0.2) is 39.0 Å². The summed E-state index contributed by atoms with van der Waals surface area (Å²) in [5.41, 5.74) is 0. The van der Waals surface area contributed by atoms with Crippen LogP contribution < -0.4 is 10.6 Å². The van der Waals surface area contributed by atoms with Gasteiger partial charge in [0, 0.05) is 12.6 Å². The smallest absolute Gasteiger partial charge is 0.407 e. The Balaban J connectivity index is 3.77. The van der Waals surface area contributed by atoms with E-state index < -0.39 is 12.2 Å². The Labute approximate surface area is 108 Å². The highest BCUT2D eigenvalue weighted by Crippen LogP contribution is 2.10. The van der Waals surface area contributed by atoms with Gasteiger partial charge in [-0.1, -0.05) is 13.8 Å².